The fourth-order valence-electron chi connectivity index (χ4n) is 2.56. The Labute approximate surface area is 106 Å². The molecular weight excluding hydrogens is 228 g/mol. The topological polar surface area (TPSA) is 55.9 Å². The number of nitrogens with one attached hydrogen (secondary N) is 1. The van der Waals surface area contributed by atoms with Crippen molar-refractivity contribution in [2.45, 2.75) is 31.7 Å². The normalized spacial score (nSPS) is 18.8. The van der Waals surface area contributed by atoms with Crippen molar-refractivity contribution in [3.05, 3.63) is 35.8 Å². The zero-order valence-corrected chi connectivity index (χ0v) is 10.6. The van der Waals surface area contributed by atoms with E-state index in [0.717, 1.165) is 31.0 Å². The van der Waals surface area contributed by atoms with Gasteiger partial charge in [-0.3, -0.25) is 4.68 Å². The Morgan fingerprint density at radius 2 is 2.50 bits per heavy atom. The Balaban J connectivity index is 1.55. The third kappa shape index (κ3) is 2.31. The fraction of sp³-hybridized carbons (Fsp3) is 0.538. The second kappa shape index (κ2) is 4.94. The summed E-state index contributed by atoms with van der Waals surface area (Å²) >= 11 is 0. The van der Waals surface area contributed by atoms with Crippen LogP contribution in [0.5, 0.6) is 0 Å². The first-order valence-electron chi connectivity index (χ1n) is 6.47. The molecule has 0 saturated carbocycles. The predicted molar refractivity (Wildman–Crippen MR) is 67.1 cm³/mol. The van der Waals surface area contributed by atoms with Crippen molar-refractivity contribution in [1.82, 2.24) is 20.1 Å². The van der Waals surface area contributed by atoms with Crippen LogP contribution < -0.4 is 5.32 Å². The Morgan fingerprint density at radius 3 is 3.33 bits per heavy atom. The van der Waals surface area contributed by atoms with Gasteiger partial charge in [-0.25, -0.2) is 4.98 Å². The molecule has 1 unspecified atom stereocenters. The van der Waals surface area contributed by atoms with Crippen molar-refractivity contribution in [1.29, 1.82) is 0 Å². The number of furan rings is 1. The van der Waals surface area contributed by atoms with Gasteiger partial charge < -0.3 is 9.73 Å². The van der Waals surface area contributed by atoms with Crippen molar-refractivity contribution in [3.8, 4) is 0 Å². The van der Waals surface area contributed by atoms with Crippen LogP contribution in [-0.2, 0) is 19.9 Å². The molecule has 1 atom stereocenters. The van der Waals surface area contributed by atoms with Gasteiger partial charge in [-0.15, -0.1) is 0 Å². The van der Waals surface area contributed by atoms with Gasteiger partial charge in [-0.1, -0.05) is 0 Å². The van der Waals surface area contributed by atoms with Crippen molar-refractivity contribution in [2.24, 2.45) is 7.05 Å². The van der Waals surface area contributed by atoms with E-state index in [-0.39, 0.29) is 0 Å². The van der Waals surface area contributed by atoms with Gasteiger partial charge in [-0.2, -0.15) is 5.10 Å². The second-order valence-electron chi connectivity index (χ2n) is 4.78. The van der Waals surface area contributed by atoms with Crippen molar-refractivity contribution in [2.75, 3.05) is 6.54 Å². The molecule has 0 fully saturated rings. The van der Waals surface area contributed by atoms with Gasteiger partial charge in [0.2, 0.25) is 0 Å². The largest absolute Gasteiger partial charge is 0.469 e. The summed E-state index contributed by atoms with van der Waals surface area (Å²) < 4.78 is 7.23. The lowest BCUT2D eigenvalue weighted by molar-refractivity contribution is 0.412. The molecule has 0 aliphatic heterocycles. The summed E-state index contributed by atoms with van der Waals surface area (Å²) in [6.45, 7) is 0.902. The number of aromatic nitrogens is 3. The maximum Gasteiger partial charge on any atom is 0.151 e. The summed E-state index contributed by atoms with van der Waals surface area (Å²) in [6.07, 6.45) is 7.85. The van der Waals surface area contributed by atoms with E-state index < -0.39 is 0 Å². The van der Waals surface area contributed by atoms with E-state index in [1.165, 1.54) is 18.4 Å². The Bertz CT molecular complexity index is 517. The van der Waals surface area contributed by atoms with Crippen LogP contribution in [0.4, 0.5) is 0 Å². The molecule has 5 heteroatoms. The minimum absolute atomic E-state index is 0.427. The number of nitrogens with zero attached hydrogens (tertiary/aromatic N) is 3. The molecule has 1 aliphatic rings. The van der Waals surface area contributed by atoms with E-state index in [1.807, 2.05) is 7.05 Å². The number of aryl methyl sites for hydroxylation is 2. The predicted octanol–water partition coefficient (Wildman–Crippen LogP) is 1.62. The van der Waals surface area contributed by atoms with Gasteiger partial charge in [0.25, 0.3) is 0 Å². The van der Waals surface area contributed by atoms with Crippen molar-refractivity contribution >= 4 is 0 Å². The van der Waals surface area contributed by atoms with E-state index in [9.17, 15) is 0 Å². The van der Waals surface area contributed by atoms with E-state index in [2.05, 4.69) is 21.5 Å². The minimum atomic E-state index is 0.427. The van der Waals surface area contributed by atoms with Gasteiger partial charge in [0.15, 0.2) is 5.82 Å². The average Bonchev–Trinajstić information content (AvgIpc) is 2.98. The van der Waals surface area contributed by atoms with E-state index in [1.54, 1.807) is 17.3 Å². The van der Waals surface area contributed by atoms with Gasteiger partial charge in [0, 0.05) is 38.0 Å². The molecule has 1 aliphatic carbocycles. The monoisotopic (exact) mass is 246 g/mol. The molecule has 1 N–H and O–H groups in total. The molecule has 0 radical (unpaired) electrons. The van der Waals surface area contributed by atoms with Crippen LogP contribution in [-0.4, -0.2) is 21.3 Å². The van der Waals surface area contributed by atoms with Gasteiger partial charge in [0.05, 0.1) is 6.26 Å². The average molecular weight is 246 g/mol. The van der Waals surface area contributed by atoms with Gasteiger partial charge in [0.1, 0.15) is 12.1 Å². The SMILES string of the molecule is Cn1cnc(CCNC2CCCc3occc32)n1. The highest BCUT2D eigenvalue weighted by Crippen LogP contribution is 2.30. The Morgan fingerprint density at radius 1 is 1.56 bits per heavy atom. The molecule has 5 nitrogen and oxygen atoms in total. The molecule has 0 bridgehead atoms. The maximum absolute atomic E-state index is 5.49. The molecule has 96 valence electrons. The molecule has 18 heavy (non-hydrogen) atoms. The summed E-state index contributed by atoms with van der Waals surface area (Å²) in [7, 11) is 1.89. The summed E-state index contributed by atoms with van der Waals surface area (Å²) in [6, 6.07) is 2.52. The number of hydrogen-bond acceptors (Lipinski definition) is 4. The van der Waals surface area contributed by atoms with E-state index in [4.69, 9.17) is 4.42 Å². The molecule has 2 aromatic heterocycles. The van der Waals surface area contributed by atoms with Crippen molar-refractivity contribution in [3.63, 3.8) is 0 Å². The minimum Gasteiger partial charge on any atom is -0.469 e. The van der Waals surface area contributed by atoms with Crippen LogP contribution in [0.2, 0.25) is 0 Å². The van der Waals surface area contributed by atoms with Crippen LogP contribution in [0.1, 0.15) is 36.0 Å². The first-order chi connectivity index (χ1) is 8.83. The van der Waals surface area contributed by atoms with Crippen molar-refractivity contribution < 1.29 is 4.42 Å². The number of rotatable bonds is 4. The lowest BCUT2D eigenvalue weighted by atomic mass is 9.93. The third-order valence-electron chi connectivity index (χ3n) is 3.44. The lowest BCUT2D eigenvalue weighted by Gasteiger charge is -2.22. The van der Waals surface area contributed by atoms with Gasteiger partial charge >= 0.3 is 0 Å². The number of hydrogen-bond donors (Lipinski definition) is 1. The fourth-order valence-corrected chi connectivity index (χ4v) is 2.56. The molecule has 0 amide bonds. The zero-order valence-electron chi connectivity index (χ0n) is 10.6. The molecule has 0 saturated heterocycles. The highest BCUT2D eigenvalue weighted by atomic mass is 16.3. The zero-order chi connectivity index (χ0) is 12.4. The number of fused-ring (bicyclic) bond motifs is 1. The summed E-state index contributed by atoms with van der Waals surface area (Å²) in [4.78, 5) is 4.23. The maximum atomic E-state index is 5.49. The summed E-state index contributed by atoms with van der Waals surface area (Å²) in [5, 5.41) is 7.85. The Hall–Kier alpha value is -1.62. The molecule has 2 aromatic rings. The van der Waals surface area contributed by atoms with Crippen LogP contribution in [0.25, 0.3) is 0 Å². The summed E-state index contributed by atoms with van der Waals surface area (Å²) in [5.74, 6) is 2.04. The van der Waals surface area contributed by atoms with Crippen LogP contribution in [0.3, 0.4) is 0 Å². The molecule has 2 heterocycles. The standard InChI is InChI=1S/C13H18N4O/c1-17-9-15-13(16-17)5-7-14-11-3-2-4-12-10(11)6-8-18-12/h6,8-9,11,14H,2-5,7H2,1H3. The van der Waals surface area contributed by atoms with E-state index in [0.29, 0.717) is 6.04 Å². The lowest BCUT2D eigenvalue weighted by Crippen LogP contribution is -2.26. The quantitative estimate of drug-likeness (QED) is 0.890. The first kappa shape index (κ1) is 11.5. The summed E-state index contributed by atoms with van der Waals surface area (Å²) in [5.41, 5.74) is 1.33. The smallest absolute Gasteiger partial charge is 0.151 e. The third-order valence-corrected chi connectivity index (χ3v) is 3.44. The van der Waals surface area contributed by atoms with E-state index >= 15 is 0 Å². The van der Waals surface area contributed by atoms with Crippen LogP contribution >= 0.6 is 0 Å². The Kier molecular flexibility index (Phi) is 3.15. The van der Waals surface area contributed by atoms with Crippen LogP contribution in [0, 0.1) is 0 Å². The first-order valence-corrected chi connectivity index (χ1v) is 6.47. The molecular formula is C13H18N4O. The molecule has 3 rings (SSSR count). The van der Waals surface area contributed by atoms with Crippen LogP contribution in [0.15, 0.2) is 23.1 Å². The van der Waals surface area contributed by atoms with Gasteiger partial charge in [-0.05, 0) is 18.9 Å². The highest BCUT2D eigenvalue weighted by molar-refractivity contribution is 5.23. The second-order valence-corrected chi connectivity index (χ2v) is 4.78. The highest BCUT2D eigenvalue weighted by Gasteiger charge is 2.21. The molecule has 0 aromatic carbocycles. The molecule has 0 spiro atoms.